The van der Waals surface area contributed by atoms with Crippen LogP contribution in [-0.2, 0) is 6.42 Å². The van der Waals surface area contributed by atoms with E-state index in [2.05, 4.69) is 35.6 Å². The predicted octanol–water partition coefficient (Wildman–Crippen LogP) is 2.38. The lowest BCUT2D eigenvalue weighted by Crippen LogP contribution is -2.42. The van der Waals surface area contributed by atoms with E-state index in [-0.39, 0.29) is 6.04 Å². The van der Waals surface area contributed by atoms with Crippen LogP contribution in [0, 0.1) is 5.92 Å². The highest BCUT2D eigenvalue weighted by atomic mass is 15.3. The fraction of sp³-hybridized carbons (Fsp3) is 0.733. The molecule has 2 N–H and O–H groups in total. The quantitative estimate of drug-likeness (QED) is 0.905. The summed E-state index contributed by atoms with van der Waals surface area (Å²) in [5.41, 5.74) is 7.10. The summed E-state index contributed by atoms with van der Waals surface area (Å²) in [6.45, 7) is 7.73. The van der Waals surface area contributed by atoms with Crippen LogP contribution in [0.1, 0.15) is 45.6 Å². The molecule has 0 aliphatic carbocycles. The Morgan fingerprint density at radius 1 is 1.32 bits per heavy atom. The highest BCUT2D eigenvalue weighted by molar-refractivity contribution is 5.32. The average Bonchev–Trinajstić information content (AvgIpc) is 2.42. The van der Waals surface area contributed by atoms with Gasteiger partial charge in [0, 0.05) is 31.0 Å². The van der Waals surface area contributed by atoms with Crippen molar-refractivity contribution in [2.75, 3.05) is 11.4 Å². The van der Waals surface area contributed by atoms with Crippen molar-refractivity contribution in [1.82, 2.24) is 9.97 Å². The summed E-state index contributed by atoms with van der Waals surface area (Å²) in [4.78, 5) is 11.4. The molecule has 1 saturated heterocycles. The maximum Gasteiger partial charge on any atom is 0.225 e. The lowest BCUT2D eigenvalue weighted by atomic mass is 9.95. The standard InChI is InChI=1S/C15H26N4/c1-4-14(16)7-13-8-17-15(18-9-13)19-10-11(2)5-6-12(19)3/h8-9,11-12,14H,4-7,10,16H2,1-3H3. The SMILES string of the molecule is CCC(N)Cc1cnc(N2CC(C)CCC2C)nc1. The van der Waals surface area contributed by atoms with Gasteiger partial charge in [-0.25, -0.2) is 9.97 Å². The molecule has 1 aromatic rings. The molecule has 4 nitrogen and oxygen atoms in total. The molecule has 0 amide bonds. The number of nitrogens with two attached hydrogens (primary N) is 1. The van der Waals surface area contributed by atoms with Crippen LogP contribution in [0.4, 0.5) is 5.95 Å². The second-order valence-electron chi connectivity index (χ2n) is 5.95. The second kappa shape index (κ2) is 6.33. The molecule has 1 aromatic heterocycles. The Bertz CT molecular complexity index is 390. The molecular weight excluding hydrogens is 236 g/mol. The Balaban J connectivity index is 2.04. The Hall–Kier alpha value is -1.16. The third-order valence-corrected chi connectivity index (χ3v) is 4.09. The van der Waals surface area contributed by atoms with Gasteiger partial charge in [0.25, 0.3) is 0 Å². The molecule has 2 rings (SSSR count). The zero-order valence-electron chi connectivity index (χ0n) is 12.3. The normalized spacial score (nSPS) is 25.4. The molecule has 1 fully saturated rings. The molecule has 3 atom stereocenters. The summed E-state index contributed by atoms with van der Waals surface area (Å²) in [5, 5.41) is 0. The van der Waals surface area contributed by atoms with Crippen molar-refractivity contribution in [1.29, 1.82) is 0 Å². The van der Waals surface area contributed by atoms with Crippen molar-refractivity contribution >= 4 is 5.95 Å². The zero-order valence-corrected chi connectivity index (χ0v) is 12.3. The Kier molecular flexibility index (Phi) is 4.75. The molecule has 0 radical (unpaired) electrons. The van der Waals surface area contributed by atoms with E-state index in [4.69, 9.17) is 5.73 Å². The zero-order chi connectivity index (χ0) is 13.8. The van der Waals surface area contributed by atoms with Crippen LogP contribution in [0.3, 0.4) is 0 Å². The summed E-state index contributed by atoms with van der Waals surface area (Å²) in [7, 11) is 0. The van der Waals surface area contributed by atoms with Gasteiger partial charge in [-0.1, -0.05) is 13.8 Å². The first-order chi connectivity index (χ1) is 9.10. The van der Waals surface area contributed by atoms with Gasteiger partial charge in [0.2, 0.25) is 5.95 Å². The Morgan fingerprint density at radius 2 is 2.00 bits per heavy atom. The molecule has 106 valence electrons. The molecule has 1 aliphatic rings. The minimum atomic E-state index is 0.211. The number of hydrogen-bond acceptors (Lipinski definition) is 4. The highest BCUT2D eigenvalue weighted by Gasteiger charge is 2.24. The summed E-state index contributed by atoms with van der Waals surface area (Å²) in [6, 6.07) is 0.753. The van der Waals surface area contributed by atoms with E-state index in [1.54, 1.807) is 0 Å². The largest absolute Gasteiger partial charge is 0.338 e. The van der Waals surface area contributed by atoms with Crippen molar-refractivity contribution in [3.8, 4) is 0 Å². The molecule has 19 heavy (non-hydrogen) atoms. The van der Waals surface area contributed by atoms with Crippen molar-refractivity contribution in [2.45, 2.75) is 58.5 Å². The summed E-state index contributed by atoms with van der Waals surface area (Å²) >= 11 is 0. The van der Waals surface area contributed by atoms with Crippen LogP contribution in [0.5, 0.6) is 0 Å². The van der Waals surface area contributed by atoms with Gasteiger partial charge in [0.05, 0.1) is 0 Å². The van der Waals surface area contributed by atoms with E-state index in [1.165, 1.54) is 12.8 Å². The summed E-state index contributed by atoms with van der Waals surface area (Å²) in [5.74, 6) is 1.60. The van der Waals surface area contributed by atoms with E-state index >= 15 is 0 Å². The maximum absolute atomic E-state index is 5.96. The maximum atomic E-state index is 5.96. The molecule has 3 unspecified atom stereocenters. The minimum Gasteiger partial charge on any atom is -0.338 e. The van der Waals surface area contributed by atoms with E-state index in [0.717, 1.165) is 36.8 Å². The van der Waals surface area contributed by atoms with E-state index in [1.807, 2.05) is 12.4 Å². The van der Waals surface area contributed by atoms with Gasteiger partial charge in [0.15, 0.2) is 0 Å². The topological polar surface area (TPSA) is 55.0 Å². The average molecular weight is 262 g/mol. The fourth-order valence-electron chi connectivity index (χ4n) is 2.62. The fourth-order valence-corrected chi connectivity index (χ4v) is 2.62. The highest BCUT2D eigenvalue weighted by Crippen LogP contribution is 2.24. The summed E-state index contributed by atoms with van der Waals surface area (Å²) in [6.07, 6.45) is 8.26. The number of nitrogens with zero attached hydrogens (tertiary/aromatic N) is 3. The Morgan fingerprint density at radius 3 is 2.63 bits per heavy atom. The third-order valence-electron chi connectivity index (χ3n) is 4.09. The first-order valence-corrected chi connectivity index (χ1v) is 7.43. The van der Waals surface area contributed by atoms with Gasteiger partial charge >= 0.3 is 0 Å². The second-order valence-corrected chi connectivity index (χ2v) is 5.95. The van der Waals surface area contributed by atoms with Crippen LogP contribution in [-0.4, -0.2) is 28.6 Å². The smallest absolute Gasteiger partial charge is 0.225 e. The predicted molar refractivity (Wildman–Crippen MR) is 79.2 cm³/mol. The first kappa shape index (κ1) is 14.3. The van der Waals surface area contributed by atoms with Gasteiger partial charge < -0.3 is 10.6 Å². The van der Waals surface area contributed by atoms with Crippen molar-refractivity contribution in [2.24, 2.45) is 11.7 Å². The van der Waals surface area contributed by atoms with Crippen molar-refractivity contribution in [3.63, 3.8) is 0 Å². The summed E-state index contributed by atoms with van der Waals surface area (Å²) < 4.78 is 0. The van der Waals surface area contributed by atoms with Crippen LogP contribution < -0.4 is 10.6 Å². The van der Waals surface area contributed by atoms with Crippen LogP contribution in [0.2, 0.25) is 0 Å². The van der Waals surface area contributed by atoms with Crippen LogP contribution in [0.25, 0.3) is 0 Å². The Labute approximate surface area is 116 Å². The van der Waals surface area contributed by atoms with Gasteiger partial charge in [0.1, 0.15) is 0 Å². The van der Waals surface area contributed by atoms with Crippen LogP contribution in [0.15, 0.2) is 12.4 Å². The molecule has 2 heterocycles. The number of rotatable bonds is 4. The molecular formula is C15H26N4. The minimum absolute atomic E-state index is 0.211. The van der Waals surface area contributed by atoms with E-state index in [9.17, 15) is 0 Å². The molecule has 0 bridgehead atoms. The number of hydrogen-bond donors (Lipinski definition) is 1. The third kappa shape index (κ3) is 3.66. The number of aromatic nitrogens is 2. The lowest BCUT2D eigenvalue weighted by Gasteiger charge is -2.36. The van der Waals surface area contributed by atoms with E-state index < -0.39 is 0 Å². The van der Waals surface area contributed by atoms with Gasteiger partial charge in [-0.05, 0) is 44.1 Å². The monoisotopic (exact) mass is 262 g/mol. The molecule has 0 saturated carbocycles. The van der Waals surface area contributed by atoms with Gasteiger partial charge in [-0.3, -0.25) is 0 Å². The van der Waals surface area contributed by atoms with Gasteiger partial charge in [-0.2, -0.15) is 0 Å². The first-order valence-electron chi connectivity index (χ1n) is 7.43. The van der Waals surface area contributed by atoms with Crippen molar-refractivity contribution in [3.05, 3.63) is 18.0 Å². The van der Waals surface area contributed by atoms with Crippen LogP contribution >= 0.6 is 0 Å². The van der Waals surface area contributed by atoms with Crippen molar-refractivity contribution < 1.29 is 0 Å². The van der Waals surface area contributed by atoms with Gasteiger partial charge in [-0.15, -0.1) is 0 Å². The molecule has 4 heteroatoms. The molecule has 0 spiro atoms. The molecule has 1 aliphatic heterocycles. The number of anilines is 1. The lowest BCUT2D eigenvalue weighted by molar-refractivity contribution is 0.385. The number of piperidine rings is 1. The molecule has 0 aromatic carbocycles. The van der Waals surface area contributed by atoms with E-state index in [0.29, 0.717) is 6.04 Å².